The Hall–Kier alpha value is -1.22. The second-order valence-electron chi connectivity index (χ2n) is 7.15. The molecular formula is C21H25Cl2N3O2S2. The van der Waals surface area contributed by atoms with E-state index in [1.807, 2.05) is 41.5 Å². The highest BCUT2D eigenvalue weighted by atomic mass is 35.5. The second kappa shape index (κ2) is 10.9. The zero-order valence-electron chi connectivity index (χ0n) is 16.8. The Balaban J connectivity index is 0.00000256. The second-order valence-corrected chi connectivity index (χ2v) is 9.56. The van der Waals surface area contributed by atoms with Gasteiger partial charge in [-0.1, -0.05) is 35.1 Å². The molecule has 1 saturated heterocycles. The topological polar surface area (TPSA) is 45.7 Å². The molecule has 0 N–H and O–H groups in total. The summed E-state index contributed by atoms with van der Waals surface area (Å²) in [5.74, 6) is 0.0854. The van der Waals surface area contributed by atoms with Gasteiger partial charge in [-0.3, -0.25) is 14.6 Å². The molecule has 2 aromatic heterocycles. The third-order valence-electron chi connectivity index (χ3n) is 5.08. The fourth-order valence-electron chi connectivity index (χ4n) is 3.47. The summed E-state index contributed by atoms with van der Waals surface area (Å²) in [5.41, 5.74) is 1.96. The van der Waals surface area contributed by atoms with Gasteiger partial charge in [0.15, 0.2) is 5.13 Å². The van der Waals surface area contributed by atoms with Crippen molar-refractivity contribution in [3.05, 3.63) is 45.1 Å². The van der Waals surface area contributed by atoms with Gasteiger partial charge in [-0.05, 0) is 36.4 Å². The standard InChI is InChI=1S/C21H24ClN3O2S2.ClH/c1-15-5-6-17(22)20-19(15)23-21(29-20)25(18(26)14-16-4-2-13-28-16)8-3-7-24-9-11-27-12-10-24;/h2,4-6,13H,3,7-12,14H2,1H3;1H. The first-order valence-electron chi connectivity index (χ1n) is 9.80. The Kier molecular flexibility index (Phi) is 8.51. The van der Waals surface area contributed by atoms with Crippen LogP contribution in [0.1, 0.15) is 16.9 Å². The van der Waals surface area contributed by atoms with Crippen LogP contribution in [0.5, 0.6) is 0 Å². The van der Waals surface area contributed by atoms with Crippen LogP contribution < -0.4 is 4.90 Å². The average Bonchev–Trinajstić information content (AvgIpc) is 3.39. The van der Waals surface area contributed by atoms with E-state index in [1.54, 1.807) is 11.3 Å². The molecule has 162 valence electrons. The number of rotatable bonds is 7. The number of thiazole rings is 1. The molecule has 30 heavy (non-hydrogen) atoms. The van der Waals surface area contributed by atoms with E-state index in [1.165, 1.54) is 11.3 Å². The number of anilines is 1. The predicted octanol–water partition coefficient (Wildman–Crippen LogP) is 5.04. The van der Waals surface area contributed by atoms with Crippen LogP contribution in [-0.4, -0.2) is 55.2 Å². The van der Waals surface area contributed by atoms with Gasteiger partial charge < -0.3 is 4.74 Å². The number of carbonyl (C=O) groups is 1. The first kappa shape index (κ1) is 23.4. The lowest BCUT2D eigenvalue weighted by molar-refractivity contribution is -0.118. The van der Waals surface area contributed by atoms with Crippen molar-refractivity contribution >= 4 is 67.9 Å². The van der Waals surface area contributed by atoms with Crippen LogP contribution in [0.2, 0.25) is 5.02 Å². The number of nitrogens with zero attached hydrogens (tertiary/aromatic N) is 3. The van der Waals surface area contributed by atoms with Crippen molar-refractivity contribution < 1.29 is 9.53 Å². The number of fused-ring (bicyclic) bond motifs is 1. The molecule has 0 radical (unpaired) electrons. The number of hydrogen-bond donors (Lipinski definition) is 0. The van der Waals surface area contributed by atoms with Crippen molar-refractivity contribution in [3.8, 4) is 0 Å². The number of amides is 1. The highest BCUT2D eigenvalue weighted by Gasteiger charge is 2.22. The van der Waals surface area contributed by atoms with Crippen LogP contribution >= 0.6 is 46.7 Å². The summed E-state index contributed by atoms with van der Waals surface area (Å²) in [6.07, 6.45) is 1.30. The number of thiophene rings is 1. The van der Waals surface area contributed by atoms with Crippen LogP contribution in [0.3, 0.4) is 0 Å². The molecule has 0 saturated carbocycles. The van der Waals surface area contributed by atoms with Crippen molar-refractivity contribution in [1.82, 2.24) is 9.88 Å². The average molecular weight is 486 g/mol. The highest BCUT2D eigenvalue weighted by molar-refractivity contribution is 7.23. The monoisotopic (exact) mass is 485 g/mol. The minimum absolute atomic E-state index is 0. The number of ether oxygens (including phenoxy) is 1. The molecule has 3 aromatic rings. The van der Waals surface area contributed by atoms with Crippen LogP contribution in [0.4, 0.5) is 5.13 Å². The van der Waals surface area contributed by atoms with Gasteiger partial charge in [0.1, 0.15) is 0 Å². The first-order valence-corrected chi connectivity index (χ1v) is 11.9. The maximum atomic E-state index is 13.2. The lowest BCUT2D eigenvalue weighted by Crippen LogP contribution is -2.39. The Bertz CT molecular complexity index is 933. The Labute approximate surface area is 196 Å². The SMILES string of the molecule is Cc1ccc(Cl)c2sc(N(CCCN3CCOCC3)C(=O)Cc3cccs3)nc12.Cl. The van der Waals surface area contributed by atoms with Crippen molar-refractivity contribution in [2.24, 2.45) is 0 Å². The predicted molar refractivity (Wildman–Crippen MR) is 129 cm³/mol. The van der Waals surface area contributed by atoms with Crippen LogP contribution in [-0.2, 0) is 16.0 Å². The molecule has 5 nitrogen and oxygen atoms in total. The van der Waals surface area contributed by atoms with Gasteiger partial charge in [0.25, 0.3) is 0 Å². The summed E-state index contributed by atoms with van der Waals surface area (Å²) in [7, 11) is 0. The van der Waals surface area contributed by atoms with E-state index in [0.29, 0.717) is 18.0 Å². The molecule has 0 bridgehead atoms. The summed E-state index contributed by atoms with van der Waals surface area (Å²) in [6.45, 7) is 7.12. The molecule has 1 aromatic carbocycles. The zero-order valence-corrected chi connectivity index (χ0v) is 20.0. The lowest BCUT2D eigenvalue weighted by Gasteiger charge is -2.27. The Morgan fingerprint density at radius 1 is 1.30 bits per heavy atom. The fraction of sp³-hybridized carbons (Fsp3) is 0.429. The quantitative estimate of drug-likeness (QED) is 0.470. The number of aryl methyl sites for hydroxylation is 1. The van der Waals surface area contributed by atoms with Crippen molar-refractivity contribution in [2.75, 3.05) is 44.3 Å². The number of morpholine rings is 1. The zero-order chi connectivity index (χ0) is 20.2. The van der Waals surface area contributed by atoms with E-state index in [0.717, 1.165) is 65.1 Å². The van der Waals surface area contributed by atoms with Gasteiger partial charge >= 0.3 is 0 Å². The summed E-state index contributed by atoms with van der Waals surface area (Å²) >= 11 is 9.52. The molecule has 1 fully saturated rings. The van der Waals surface area contributed by atoms with Gasteiger partial charge in [-0.25, -0.2) is 4.98 Å². The number of aromatic nitrogens is 1. The number of halogens is 2. The van der Waals surface area contributed by atoms with E-state index in [-0.39, 0.29) is 18.3 Å². The molecule has 9 heteroatoms. The third-order valence-corrected chi connectivity index (χ3v) is 7.50. The van der Waals surface area contributed by atoms with Gasteiger partial charge in [0.05, 0.1) is 34.9 Å². The number of benzene rings is 1. The van der Waals surface area contributed by atoms with Gasteiger partial charge in [0, 0.05) is 31.1 Å². The van der Waals surface area contributed by atoms with E-state index in [4.69, 9.17) is 21.3 Å². The largest absolute Gasteiger partial charge is 0.379 e. The molecular weight excluding hydrogens is 461 g/mol. The van der Waals surface area contributed by atoms with E-state index in [2.05, 4.69) is 4.90 Å². The lowest BCUT2D eigenvalue weighted by atomic mass is 10.2. The molecule has 0 aliphatic carbocycles. The van der Waals surface area contributed by atoms with E-state index >= 15 is 0 Å². The Morgan fingerprint density at radius 2 is 2.10 bits per heavy atom. The van der Waals surface area contributed by atoms with Crippen molar-refractivity contribution in [2.45, 2.75) is 19.8 Å². The summed E-state index contributed by atoms with van der Waals surface area (Å²) < 4.78 is 6.37. The number of hydrogen-bond acceptors (Lipinski definition) is 6. The summed E-state index contributed by atoms with van der Waals surface area (Å²) in [6, 6.07) is 7.87. The minimum atomic E-state index is 0. The van der Waals surface area contributed by atoms with Gasteiger partial charge in [-0.15, -0.1) is 23.7 Å². The van der Waals surface area contributed by atoms with Crippen molar-refractivity contribution in [3.63, 3.8) is 0 Å². The highest BCUT2D eigenvalue weighted by Crippen LogP contribution is 2.36. The molecule has 0 atom stereocenters. The third kappa shape index (κ3) is 5.52. The molecule has 0 unspecified atom stereocenters. The van der Waals surface area contributed by atoms with Crippen molar-refractivity contribution in [1.29, 1.82) is 0 Å². The summed E-state index contributed by atoms with van der Waals surface area (Å²) in [5, 5.41) is 3.43. The van der Waals surface area contributed by atoms with E-state index < -0.39 is 0 Å². The minimum Gasteiger partial charge on any atom is -0.379 e. The molecule has 1 aliphatic heterocycles. The number of carbonyl (C=O) groups excluding carboxylic acids is 1. The maximum absolute atomic E-state index is 13.2. The summed E-state index contributed by atoms with van der Waals surface area (Å²) in [4.78, 5) is 23.3. The Morgan fingerprint density at radius 3 is 2.80 bits per heavy atom. The molecule has 0 spiro atoms. The molecule has 3 heterocycles. The molecule has 1 amide bonds. The maximum Gasteiger partial charge on any atom is 0.234 e. The first-order chi connectivity index (χ1) is 14.1. The normalized spacial score (nSPS) is 14.6. The van der Waals surface area contributed by atoms with Crippen LogP contribution in [0.25, 0.3) is 10.2 Å². The molecule has 1 aliphatic rings. The van der Waals surface area contributed by atoms with E-state index in [9.17, 15) is 4.79 Å². The van der Waals surface area contributed by atoms with Gasteiger partial charge in [0.2, 0.25) is 5.91 Å². The van der Waals surface area contributed by atoms with Crippen LogP contribution in [0, 0.1) is 6.92 Å². The smallest absolute Gasteiger partial charge is 0.234 e. The van der Waals surface area contributed by atoms with Gasteiger partial charge in [-0.2, -0.15) is 0 Å². The fourth-order valence-corrected chi connectivity index (χ4v) is 5.52. The van der Waals surface area contributed by atoms with Crippen LogP contribution in [0.15, 0.2) is 29.6 Å². The molecule has 4 rings (SSSR count).